The van der Waals surface area contributed by atoms with Crippen molar-refractivity contribution in [2.45, 2.75) is 18.8 Å². The van der Waals surface area contributed by atoms with Gasteiger partial charge in [0.25, 0.3) is 5.91 Å². The molecule has 0 spiro atoms. The molecule has 0 radical (unpaired) electrons. The van der Waals surface area contributed by atoms with Crippen molar-refractivity contribution in [1.82, 2.24) is 15.8 Å². The average molecular weight is 483 g/mol. The van der Waals surface area contributed by atoms with Crippen LogP contribution in [0.2, 0.25) is 0 Å². The second-order valence-electron chi connectivity index (χ2n) is 6.89. The fraction of sp³-hybridized carbons (Fsp3) is 0.136. The van der Waals surface area contributed by atoms with E-state index in [4.69, 9.17) is 4.74 Å². The highest BCUT2D eigenvalue weighted by molar-refractivity contribution is 5.94. The second kappa shape index (κ2) is 9.81. The molecule has 0 aliphatic carbocycles. The zero-order chi connectivity index (χ0) is 24.9. The van der Waals surface area contributed by atoms with Gasteiger partial charge < -0.3 is 4.74 Å². The molecule has 6 nitrogen and oxygen atoms in total. The van der Waals surface area contributed by atoms with Gasteiger partial charge in [0, 0.05) is 12.3 Å². The predicted molar refractivity (Wildman–Crippen MR) is 107 cm³/mol. The number of carbonyl (C=O) groups excluding carboxylic acids is 2. The van der Waals surface area contributed by atoms with Gasteiger partial charge in [0.2, 0.25) is 5.91 Å². The van der Waals surface area contributed by atoms with Crippen molar-refractivity contribution in [3.8, 4) is 11.5 Å². The van der Waals surface area contributed by atoms with Crippen LogP contribution >= 0.6 is 0 Å². The third-order valence-electron chi connectivity index (χ3n) is 4.27. The van der Waals surface area contributed by atoms with E-state index in [1.165, 1.54) is 18.3 Å². The van der Waals surface area contributed by atoms with Crippen molar-refractivity contribution < 1.29 is 40.7 Å². The highest BCUT2D eigenvalue weighted by Gasteiger charge is 2.37. The fourth-order valence-corrected chi connectivity index (χ4v) is 2.76. The number of carbonyl (C=O) groups is 2. The highest BCUT2D eigenvalue weighted by Crippen LogP contribution is 2.36. The number of benzene rings is 2. The number of hydrazine groups is 1. The van der Waals surface area contributed by atoms with Crippen LogP contribution in [0.15, 0.2) is 66.9 Å². The van der Waals surface area contributed by atoms with Gasteiger partial charge in [-0.1, -0.05) is 18.2 Å². The Morgan fingerprint density at radius 1 is 0.794 bits per heavy atom. The van der Waals surface area contributed by atoms with E-state index < -0.39 is 47.3 Å². The maximum atomic E-state index is 12.9. The van der Waals surface area contributed by atoms with Gasteiger partial charge in [0.1, 0.15) is 17.2 Å². The zero-order valence-corrected chi connectivity index (χ0v) is 17.0. The summed E-state index contributed by atoms with van der Waals surface area (Å²) in [6, 6.07) is 12.2. The standard InChI is InChI=1S/C22H15F6N3O3/c23-21(24,25)14-8-13(9-15(11-14)22(26,27)28)10-19(32)30-31-20(33)18-12-17(6-7-29-18)34-16-4-2-1-3-5-16/h1-9,11-12H,10H2,(H,30,32)(H,31,33). The second-order valence-corrected chi connectivity index (χ2v) is 6.89. The Kier molecular flexibility index (Phi) is 7.08. The van der Waals surface area contributed by atoms with Crippen LogP contribution in [-0.4, -0.2) is 16.8 Å². The minimum Gasteiger partial charge on any atom is -0.457 e. The number of hydrogen-bond acceptors (Lipinski definition) is 4. The smallest absolute Gasteiger partial charge is 0.416 e. The van der Waals surface area contributed by atoms with Crippen LogP contribution in [0.3, 0.4) is 0 Å². The van der Waals surface area contributed by atoms with Crippen LogP contribution in [0.1, 0.15) is 27.2 Å². The van der Waals surface area contributed by atoms with Crippen molar-refractivity contribution in [3.05, 3.63) is 89.2 Å². The Morgan fingerprint density at radius 3 is 2.00 bits per heavy atom. The summed E-state index contributed by atoms with van der Waals surface area (Å²) in [5.74, 6) is -1.17. The summed E-state index contributed by atoms with van der Waals surface area (Å²) in [5, 5.41) is 0. The molecule has 0 atom stereocenters. The molecule has 2 N–H and O–H groups in total. The molecule has 1 aromatic heterocycles. The van der Waals surface area contributed by atoms with Crippen LogP contribution in [0.4, 0.5) is 26.3 Å². The quantitative estimate of drug-likeness (QED) is 0.399. The molecule has 3 rings (SSSR count). The van der Waals surface area contributed by atoms with Gasteiger partial charge in [0.15, 0.2) is 0 Å². The number of nitrogens with zero attached hydrogens (tertiary/aromatic N) is 1. The van der Waals surface area contributed by atoms with Gasteiger partial charge in [-0.05, 0) is 42.0 Å². The Balaban J connectivity index is 1.65. The molecule has 3 aromatic rings. The Bertz CT molecular complexity index is 1150. The van der Waals surface area contributed by atoms with Crippen LogP contribution in [0.5, 0.6) is 11.5 Å². The molecule has 0 bridgehead atoms. The summed E-state index contributed by atoms with van der Waals surface area (Å²) in [6.07, 6.45) is -9.66. The number of aromatic nitrogens is 1. The summed E-state index contributed by atoms with van der Waals surface area (Å²) < 4.78 is 83.2. The topological polar surface area (TPSA) is 80.3 Å². The first-order chi connectivity index (χ1) is 15.9. The molecule has 0 fully saturated rings. The van der Waals surface area contributed by atoms with Crippen LogP contribution in [-0.2, 0) is 23.6 Å². The summed E-state index contributed by atoms with van der Waals surface area (Å²) in [5.41, 5.74) is 0.140. The lowest BCUT2D eigenvalue weighted by Gasteiger charge is -2.14. The van der Waals surface area contributed by atoms with Crippen molar-refractivity contribution in [3.63, 3.8) is 0 Å². The van der Waals surface area contributed by atoms with E-state index in [2.05, 4.69) is 4.98 Å². The molecule has 2 amide bonds. The molecule has 178 valence electrons. The van der Waals surface area contributed by atoms with Gasteiger partial charge in [-0.15, -0.1) is 0 Å². The van der Waals surface area contributed by atoms with E-state index in [0.717, 1.165) is 0 Å². The van der Waals surface area contributed by atoms with Gasteiger partial charge in [-0.3, -0.25) is 25.4 Å². The van der Waals surface area contributed by atoms with E-state index in [1.807, 2.05) is 10.9 Å². The summed E-state index contributed by atoms with van der Waals surface area (Å²) in [6.45, 7) is 0. The monoisotopic (exact) mass is 483 g/mol. The molecule has 0 aliphatic heterocycles. The minimum absolute atomic E-state index is 0.0423. The zero-order valence-electron chi connectivity index (χ0n) is 17.0. The van der Waals surface area contributed by atoms with Crippen LogP contribution < -0.4 is 15.6 Å². The Labute approximate surface area is 188 Å². The Hall–Kier alpha value is -4.09. The van der Waals surface area contributed by atoms with E-state index in [9.17, 15) is 35.9 Å². The number of alkyl halides is 6. The lowest BCUT2D eigenvalue weighted by Crippen LogP contribution is -2.42. The van der Waals surface area contributed by atoms with Gasteiger partial charge in [-0.2, -0.15) is 26.3 Å². The summed E-state index contributed by atoms with van der Waals surface area (Å²) >= 11 is 0. The van der Waals surface area contributed by atoms with Crippen molar-refractivity contribution in [2.24, 2.45) is 0 Å². The third kappa shape index (κ3) is 6.70. The molecule has 0 saturated carbocycles. The van der Waals surface area contributed by atoms with Gasteiger partial charge >= 0.3 is 12.4 Å². The molecule has 0 aliphatic rings. The number of halogens is 6. The number of hydrogen-bond donors (Lipinski definition) is 2. The number of nitrogens with one attached hydrogen (secondary N) is 2. The number of ether oxygens (including phenoxy) is 1. The van der Waals surface area contributed by atoms with Crippen LogP contribution in [0, 0.1) is 0 Å². The average Bonchev–Trinajstić information content (AvgIpc) is 2.77. The summed E-state index contributed by atoms with van der Waals surface area (Å²) in [7, 11) is 0. The number of pyridine rings is 1. The van der Waals surface area contributed by atoms with E-state index in [1.54, 1.807) is 30.3 Å². The van der Waals surface area contributed by atoms with Gasteiger partial charge in [0.05, 0.1) is 17.5 Å². The molecule has 12 heteroatoms. The van der Waals surface area contributed by atoms with Crippen LogP contribution in [0.25, 0.3) is 0 Å². The first kappa shape index (κ1) is 24.6. The molecule has 34 heavy (non-hydrogen) atoms. The van der Waals surface area contributed by atoms with E-state index in [-0.39, 0.29) is 17.5 Å². The van der Waals surface area contributed by atoms with Crippen molar-refractivity contribution in [1.29, 1.82) is 0 Å². The van der Waals surface area contributed by atoms with Crippen molar-refractivity contribution >= 4 is 11.8 Å². The molecular weight excluding hydrogens is 468 g/mol. The van der Waals surface area contributed by atoms with E-state index in [0.29, 0.717) is 17.9 Å². The Morgan fingerprint density at radius 2 is 1.41 bits per heavy atom. The molecule has 0 unspecified atom stereocenters. The number of para-hydroxylation sites is 1. The number of rotatable bonds is 5. The van der Waals surface area contributed by atoms with Crippen molar-refractivity contribution in [2.75, 3.05) is 0 Å². The molecule has 2 aromatic carbocycles. The number of amides is 2. The predicted octanol–water partition coefficient (Wildman–Crippen LogP) is 4.92. The van der Waals surface area contributed by atoms with Gasteiger partial charge in [-0.25, -0.2) is 0 Å². The fourth-order valence-electron chi connectivity index (χ4n) is 2.76. The maximum absolute atomic E-state index is 12.9. The first-order valence-electron chi connectivity index (χ1n) is 9.48. The SMILES string of the molecule is O=C(Cc1cc(C(F)(F)F)cc(C(F)(F)F)c1)NNC(=O)c1cc(Oc2ccccc2)ccn1. The maximum Gasteiger partial charge on any atom is 0.416 e. The molecule has 0 saturated heterocycles. The van der Waals surface area contributed by atoms with E-state index >= 15 is 0 Å². The molecular formula is C22H15F6N3O3. The lowest BCUT2D eigenvalue weighted by molar-refractivity contribution is -0.143. The molecule has 1 heterocycles. The minimum atomic E-state index is -5.04. The third-order valence-corrected chi connectivity index (χ3v) is 4.27. The summed E-state index contributed by atoms with van der Waals surface area (Å²) in [4.78, 5) is 28.1. The normalized spacial score (nSPS) is 11.6. The lowest BCUT2D eigenvalue weighted by atomic mass is 10.0. The first-order valence-corrected chi connectivity index (χ1v) is 9.48. The largest absolute Gasteiger partial charge is 0.457 e. The highest BCUT2D eigenvalue weighted by atomic mass is 19.4.